The SMILES string of the molecule is COCCNC(=O)C(C)NCC(=O)N1CCCCCC1. The van der Waals surface area contributed by atoms with Crippen molar-refractivity contribution in [1.82, 2.24) is 15.5 Å². The van der Waals surface area contributed by atoms with Crippen molar-refractivity contribution in [3.8, 4) is 0 Å². The van der Waals surface area contributed by atoms with E-state index in [4.69, 9.17) is 4.74 Å². The molecule has 1 rings (SSSR count). The maximum Gasteiger partial charge on any atom is 0.236 e. The molecule has 0 aromatic heterocycles. The third kappa shape index (κ3) is 6.34. The van der Waals surface area contributed by atoms with Crippen LogP contribution in [0.3, 0.4) is 0 Å². The van der Waals surface area contributed by atoms with Crippen molar-refractivity contribution < 1.29 is 14.3 Å². The van der Waals surface area contributed by atoms with E-state index < -0.39 is 0 Å². The summed E-state index contributed by atoms with van der Waals surface area (Å²) in [5.41, 5.74) is 0. The Morgan fingerprint density at radius 2 is 1.85 bits per heavy atom. The molecule has 20 heavy (non-hydrogen) atoms. The van der Waals surface area contributed by atoms with Crippen LogP contribution in [0.1, 0.15) is 32.6 Å². The van der Waals surface area contributed by atoms with Gasteiger partial charge >= 0.3 is 0 Å². The number of carbonyl (C=O) groups excluding carboxylic acids is 2. The Balaban J connectivity index is 2.23. The Morgan fingerprint density at radius 1 is 1.20 bits per heavy atom. The number of hydrogen-bond acceptors (Lipinski definition) is 4. The normalized spacial score (nSPS) is 17.4. The lowest BCUT2D eigenvalue weighted by Gasteiger charge is -2.21. The molecule has 116 valence electrons. The van der Waals surface area contributed by atoms with E-state index in [1.807, 2.05) is 4.90 Å². The van der Waals surface area contributed by atoms with Crippen LogP contribution < -0.4 is 10.6 Å². The molecule has 1 atom stereocenters. The van der Waals surface area contributed by atoms with Crippen molar-refractivity contribution in [2.24, 2.45) is 0 Å². The van der Waals surface area contributed by atoms with Gasteiger partial charge < -0.3 is 15.0 Å². The van der Waals surface area contributed by atoms with Gasteiger partial charge in [-0.3, -0.25) is 14.9 Å². The highest BCUT2D eigenvalue weighted by molar-refractivity contribution is 5.83. The molecule has 1 unspecified atom stereocenters. The number of ether oxygens (including phenoxy) is 1. The van der Waals surface area contributed by atoms with Crippen LogP contribution in [0.5, 0.6) is 0 Å². The minimum absolute atomic E-state index is 0.0865. The zero-order valence-corrected chi connectivity index (χ0v) is 12.6. The first kappa shape index (κ1) is 16.9. The smallest absolute Gasteiger partial charge is 0.236 e. The van der Waals surface area contributed by atoms with Gasteiger partial charge in [-0.05, 0) is 19.8 Å². The largest absolute Gasteiger partial charge is 0.383 e. The molecule has 0 saturated carbocycles. The maximum absolute atomic E-state index is 12.1. The average molecular weight is 285 g/mol. The third-order valence-electron chi connectivity index (χ3n) is 3.52. The van der Waals surface area contributed by atoms with Crippen molar-refractivity contribution in [3.63, 3.8) is 0 Å². The van der Waals surface area contributed by atoms with E-state index in [1.165, 1.54) is 12.8 Å². The van der Waals surface area contributed by atoms with Gasteiger partial charge in [0.2, 0.25) is 11.8 Å². The number of likely N-dealkylation sites (tertiary alicyclic amines) is 1. The molecule has 0 aromatic carbocycles. The lowest BCUT2D eigenvalue weighted by Crippen LogP contribution is -2.47. The van der Waals surface area contributed by atoms with Crippen molar-refractivity contribution in [3.05, 3.63) is 0 Å². The monoisotopic (exact) mass is 285 g/mol. The van der Waals surface area contributed by atoms with Crippen LogP contribution in [0.4, 0.5) is 0 Å². The first-order valence-electron chi connectivity index (χ1n) is 7.43. The van der Waals surface area contributed by atoms with Crippen LogP contribution in [0.2, 0.25) is 0 Å². The van der Waals surface area contributed by atoms with Crippen LogP contribution >= 0.6 is 0 Å². The highest BCUT2D eigenvalue weighted by Crippen LogP contribution is 2.09. The van der Waals surface area contributed by atoms with Crippen LogP contribution in [-0.4, -0.2) is 62.7 Å². The van der Waals surface area contributed by atoms with Crippen LogP contribution in [0.25, 0.3) is 0 Å². The molecule has 2 N–H and O–H groups in total. The van der Waals surface area contributed by atoms with Gasteiger partial charge in [0.05, 0.1) is 19.2 Å². The fourth-order valence-electron chi connectivity index (χ4n) is 2.19. The molecule has 0 radical (unpaired) electrons. The molecule has 1 aliphatic rings. The number of hydrogen-bond donors (Lipinski definition) is 2. The zero-order chi connectivity index (χ0) is 14.8. The molecule has 1 heterocycles. The number of amides is 2. The number of methoxy groups -OCH3 is 1. The predicted octanol–water partition coefficient (Wildman–Crippen LogP) is 0.130. The van der Waals surface area contributed by atoms with Crippen molar-refractivity contribution >= 4 is 11.8 Å². The van der Waals surface area contributed by atoms with E-state index in [0.717, 1.165) is 25.9 Å². The maximum atomic E-state index is 12.1. The molecule has 6 nitrogen and oxygen atoms in total. The number of nitrogens with zero attached hydrogens (tertiary/aromatic N) is 1. The van der Waals surface area contributed by atoms with Gasteiger partial charge in [0.1, 0.15) is 0 Å². The standard InChI is InChI=1S/C14H27N3O3/c1-12(14(19)15-7-10-20-2)16-11-13(18)17-8-5-3-4-6-9-17/h12,16H,3-11H2,1-2H3,(H,15,19). The summed E-state index contributed by atoms with van der Waals surface area (Å²) in [6.07, 6.45) is 4.57. The summed E-state index contributed by atoms with van der Waals surface area (Å²) in [7, 11) is 1.59. The van der Waals surface area contributed by atoms with Gasteiger partial charge in [-0.2, -0.15) is 0 Å². The summed E-state index contributed by atoms with van der Waals surface area (Å²) >= 11 is 0. The third-order valence-corrected chi connectivity index (χ3v) is 3.52. The van der Waals surface area contributed by atoms with Crippen molar-refractivity contribution in [2.45, 2.75) is 38.6 Å². The number of nitrogens with one attached hydrogen (secondary N) is 2. The van der Waals surface area contributed by atoms with E-state index in [0.29, 0.717) is 13.2 Å². The molecule has 1 fully saturated rings. The van der Waals surface area contributed by atoms with Gasteiger partial charge in [-0.15, -0.1) is 0 Å². The second kappa shape index (κ2) is 9.72. The zero-order valence-electron chi connectivity index (χ0n) is 12.6. The van der Waals surface area contributed by atoms with E-state index >= 15 is 0 Å². The lowest BCUT2D eigenvalue weighted by atomic mass is 10.2. The highest BCUT2D eigenvalue weighted by Gasteiger charge is 2.18. The van der Waals surface area contributed by atoms with Crippen LogP contribution in [-0.2, 0) is 14.3 Å². The molecule has 2 amide bonds. The molecular formula is C14H27N3O3. The summed E-state index contributed by atoms with van der Waals surface area (Å²) in [6.45, 7) is 4.65. The summed E-state index contributed by atoms with van der Waals surface area (Å²) < 4.78 is 4.87. The Morgan fingerprint density at radius 3 is 2.45 bits per heavy atom. The van der Waals surface area contributed by atoms with Gasteiger partial charge in [-0.1, -0.05) is 12.8 Å². The first-order chi connectivity index (χ1) is 9.65. The number of carbonyl (C=O) groups is 2. The Hall–Kier alpha value is -1.14. The predicted molar refractivity (Wildman–Crippen MR) is 77.4 cm³/mol. The molecule has 1 aliphatic heterocycles. The molecule has 1 saturated heterocycles. The minimum atomic E-state index is -0.372. The van der Waals surface area contributed by atoms with Gasteiger partial charge in [0.15, 0.2) is 0 Å². The molecule has 0 aromatic rings. The molecular weight excluding hydrogens is 258 g/mol. The van der Waals surface area contributed by atoms with Gasteiger partial charge in [0, 0.05) is 26.7 Å². The van der Waals surface area contributed by atoms with Crippen LogP contribution in [0, 0.1) is 0 Å². The van der Waals surface area contributed by atoms with E-state index in [-0.39, 0.29) is 24.4 Å². The molecule has 0 bridgehead atoms. The van der Waals surface area contributed by atoms with Crippen molar-refractivity contribution in [2.75, 3.05) is 39.9 Å². The second-order valence-electron chi connectivity index (χ2n) is 5.18. The quantitative estimate of drug-likeness (QED) is 0.652. The summed E-state index contributed by atoms with van der Waals surface area (Å²) in [4.78, 5) is 25.7. The Bertz CT molecular complexity index is 302. The van der Waals surface area contributed by atoms with Gasteiger partial charge in [0.25, 0.3) is 0 Å². The van der Waals surface area contributed by atoms with Crippen LogP contribution in [0.15, 0.2) is 0 Å². The van der Waals surface area contributed by atoms with E-state index in [9.17, 15) is 9.59 Å². The van der Waals surface area contributed by atoms with Gasteiger partial charge in [-0.25, -0.2) is 0 Å². The first-order valence-corrected chi connectivity index (χ1v) is 7.43. The number of rotatable bonds is 7. The van der Waals surface area contributed by atoms with Crippen molar-refractivity contribution in [1.29, 1.82) is 0 Å². The minimum Gasteiger partial charge on any atom is -0.383 e. The summed E-state index contributed by atoms with van der Waals surface area (Å²) in [5, 5.41) is 5.73. The molecule has 0 aliphatic carbocycles. The fourth-order valence-corrected chi connectivity index (χ4v) is 2.19. The van der Waals surface area contributed by atoms with E-state index in [2.05, 4.69) is 10.6 Å². The summed E-state index contributed by atoms with van der Waals surface area (Å²) in [6, 6.07) is -0.372. The lowest BCUT2D eigenvalue weighted by molar-refractivity contribution is -0.130. The average Bonchev–Trinajstić information content (AvgIpc) is 2.73. The fraction of sp³-hybridized carbons (Fsp3) is 0.857. The summed E-state index contributed by atoms with van der Waals surface area (Å²) in [5.74, 6) is -0.0193. The second-order valence-corrected chi connectivity index (χ2v) is 5.18. The topological polar surface area (TPSA) is 70.7 Å². The molecule has 0 spiro atoms. The highest BCUT2D eigenvalue weighted by atomic mass is 16.5. The van der Waals surface area contributed by atoms with E-state index in [1.54, 1.807) is 14.0 Å². The Labute approximate surface area is 121 Å². The Kier molecular flexibility index (Phi) is 8.22. The molecule has 6 heteroatoms.